The summed E-state index contributed by atoms with van der Waals surface area (Å²) in [4.78, 5) is 11.8. The van der Waals surface area contributed by atoms with Crippen LogP contribution in [0, 0.1) is 0 Å². The molecule has 0 aromatic rings. The molecule has 0 atom stereocenters. The van der Waals surface area contributed by atoms with E-state index in [-0.39, 0.29) is 31.9 Å². The summed E-state index contributed by atoms with van der Waals surface area (Å²) in [5.41, 5.74) is 0. The summed E-state index contributed by atoms with van der Waals surface area (Å²) < 4.78 is 24.1. The van der Waals surface area contributed by atoms with Gasteiger partial charge in [-0.15, -0.1) is 0 Å². The van der Waals surface area contributed by atoms with E-state index >= 15 is 0 Å². The van der Waals surface area contributed by atoms with Crippen molar-refractivity contribution in [2.24, 2.45) is 0 Å². The Morgan fingerprint density at radius 1 is 1.29 bits per heavy atom. The van der Waals surface area contributed by atoms with Crippen molar-refractivity contribution < 1.29 is 18.3 Å². The average Bonchev–Trinajstić information content (AvgIpc) is 2.18. The Labute approximate surface area is 83.2 Å². The summed E-state index contributed by atoms with van der Waals surface area (Å²) in [6.07, 6.45) is -0.987. The molecule has 1 rings (SSSR count). The number of amides is 1. The zero-order valence-electron chi connectivity index (χ0n) is 8.01. The van der Waals surface area contributed by atoms with Crippen LogP contribution in [-0.2, 0) is 10.0 Å². The first-order valence-electron chi connectivity index (χ1n) is 4.43. The second kappa shape index (κ2) is 4.14. The highest BCUT2D eigenvalue weighted by atomic mass is 32.2. The zero-order chi connectivity index (χ0) is 10.8. The van der Waals surface area contributed by atoms with Crippen LogP contribution in [0.25, 0.3) is 0 Å². The highest BCUT2D eigenvalue weighted by molar-refractivity contribution is 7.89. The molecule has 0 aliphatic carbocycles. The Bertz CT molecular complexity index is 306. The maximum atomic E-state index is 11.4. The van der Waals surface area contributed by atoms with Crippen molar-refractivity contribution in [3.8, 4) is 0 Å². The molecule has 1 fully saturated rings. The van der Waals surface area contributed by atoms with Gasteiger partial charge in [0.25, 0.3) is 0 Å². The molecule has 1 heterocycles. The van der Waals surface area contributed by atoms with Gasteiger partial charge in [-0.1, -0.05) is 0 Å². The summed E-state index contributed by atoms with van der Waals surface area (Å²) in [6, 6.07) is 0. The maximum Gasteiger partial charge on any atom is 0.407 e. The Kier molecular flexibility index (Phi) is 3.33. The molecular weight excluding hydrogens is 208 g/mol. The van der Waals surface area contributed by atoms with Crippen molar-refractivity contribution in [1.29, 1.82) is 0 Å². The third-order valence-corrected chi connectivity index (χ3v) is 4.15. The fraction of sp³-hybridized carbons (Fsp3) is 0.857. The zero-order valence-corrected chi connectivity index (χ0v) is 8.83. The number of hydrogen-bond donors (Lipinski definition) is 1. The molecule has 82 valence electrons. The van der Waals surface area contributed by atoms with Gasteiger partial charge in [-0.05, 0) is 6.92 Å². The first kappa shape index (κ1) is 11.3. The van der Waals surface area contributed by atoms with Crippen LogP contribution in [0.15, 0.2) is 0 Å². The van der Waals surface area contributed by atoms with Crippen molar-refractivity contribution in [2.45, 2.75) is 6.92 Å². The molecule has 1 N–H and O–H groups in total. The lowest BCUT2D eigenvalue weighted by Crippen LogP contribution is -2.50. The van der Waals surface area contributed by atoms with Crippen LogP contribution in [0.5, 0.6) is 0 Å². The topological polar surface area (TPSA) is 77.9 Å². The Hall–Kier alpha value is -0.820. The predicted molar refractivity (Wildman–Crippen MR) is 50.6 cm³/mol. The molecule has 1 saturated heterocycles. The second-order valence-corrected chi connectivity index (χ2v) is 5.33. The van der Waals surface area contributed by atoms with E-state index in [9.17, 15) is 13.2 Å². The molecule has 1 aliphatic heterocycles. The van der Waals surface area contributed by atoms with Gasteiger partial charge in [-0.2, -0.15) is 4.31 Å². The molecule has 0 radical (unpaired) electrons. The third kappa shape index (κ3) is 2.36. The Morgan fingerprint density at radius 2 is 1.79 bits per heavy atom. The molecule has 1 amide bonds. The van der Waals surface area contributed by atoms with Crippen molar-refractivity contribution in [3.63, 3.8) is 0 Å². The Morgan fingerprint density at radius 3 is 2.14 bits per heavy atom. The third-order valence-electron chi connectivity index (χ3n) is 2.27. The van der Waals surface area contributed by atoms with Crippen LogP contribution in [0.2, 0.25) is 0 Å². The number of sulfonamides is 1. The number of hydrogen-bond acceptors (Lipinski definition) is 3. The van der Waals surface area contributed by atoms with Gasteiger partial charge >= 0.3 is 6.09 Å². The predicted octanol–water partition coefficient (Wildman–Crippen LogP) is -0.368. The number of rotatable bonds is 2. The SMILES string of the molecule is CCS(=O)(=O)N1CCN(C(=O)O)CC1. The molecular formula is C7H14N2O4S. The fourth-order valence-electron chi connectivity index (χ4n) is 1.34. The lowest BCUT2D eigenvalue weighted by molar-refractivity contribution is 0.126. The van der Waals surface area contributed by atoms with E-state index in [0.717, 1.165) is 0 Å². The van der Waals surface area contributed by atoms with E-state index in [1.54, 1.807) is 6.92 Å². The van der Waals surface area contributed by atoms with Crippen molar-refractivity contribution >= 4 is 16.1 Å². The Balaban J connectivity index is 2.56. The van der Waals surface area contributed by atoms with E-state index in [4.69, 9.17) is 5.11 Å². The first-order chi connectivity index (χ1) is 6.47. The quantitative estimate of drug-likeness (QED) is 0.691. The van der Waals surface area contributed by atoms with Crippen LogP contribution >= 0.6 is 0 Å². The number of carboxylic acid groups (broad SMARTS) is 1. The van der Waals surface area contributed by atoms with Gasteiger partial charge in [0.15, 0.2) is 0 Å². The summed E-state index contributed by atoms with van der Waals surface area (Å²) in [5.74, 6) is 0.0695. The monoisotopic (exact) mass is 222 g/mol. The number of piperazine rings is 1. The summed E-state index contributed by atoms with van der Waals surface area (Å²) in [6.45, 7) is 2.63. The van der Waals surface area contributed by atoms with Crippen LogP contribution in [-0.4, -0.2) is 60.8 Å². The molecule has 0 aromatic carbocycles. The van der Waals surface area contributed by atoms with Crippen molar-refractivity contribution in [2.75, 3.05) is 31.9 Å². The highest BCUT2D eigenvalue weighted by Crippen LogP contribution is 2.07. The number of nitrogens with zero attached hydrogens (tertiary/aromatic N) is 2. The minimum absolute atomic E-state index is 0.0695. The van der Waals surface area contributed by atoms with E-state index in [1.165, 1.54) is 9.21 Å². The average molecular weight is 222 g/mol. The standard InChI is InChI=1S/C7H14N2O4S/c1-2-14(12,13)9-5-3-8(4-6-9)7(10)11/h2-6H2,1H3,(H,10,11). The van der Waals surface area contributed by atoms with E-state index < -0.39 is 16.1 Å². The molecule has 1 aliphatic rings. The highest BCUT2D eigenvalue weighted by Gasteiger charge is 2.27. The van der Waals surface area contributed by atoms with Crippen LogP contribution in [0.1, 0.15) is 6.92 Å². The molecule has 0 aromatic heterocycles. The lowest BCUT2D eigenvalue weighted by atomic mass is 10.4. The van der Waals surface area contributed by atoms with E-state index in [1.807, 2.05) is 0 Å². The maximum absolute atomic E-state index is 11.4. The van der Waals surface area contributed by atoms with Gasteiger partial charge in [0.05, 0.1) is 5.75 Å². The molecule has 0 bridgehead atoms. The van der Waals surface area contributed by atoms with Crippen LogP contribution < -0.4 is 0 Å². The van der Waals surface area contributed by atoms with Crippen LogP contribution in [0.3, 0.4) is 0 Å². The van der Waals surface area contributed by atoms with Crippen molar-refractivity contribution in [3.05, 3.63) is 0 Å². The first-order valence-corrected chi connectivity index (χ1v) is 6.04. The lowest BCUT2D eigenvalue weighted by Gasteiger charge is -2.31. The van der Waals surface area contributed by atoms with Gasteiger partial charge in [0.1, 0.15) is 0 Å². The summed E-state index contributed by atoms with van der Waals surface area (Å²) in [5, 5.41) is 8.64. The number of carbonyl (C=O) groups is 1. The molecule has 6 nitrogen and oxygen atoms in total. The second-order valence-electron chi connectivity index (χ2n) is 3.07. The fourth-order valence-corrected chi connectivity index (χ4v) is 2.42. The van der Waals surface area contributed by atoms with Gasteiger partial charge in [-0.3, -0.25) is 0 Å². The molecule has 0 spiro atoms. The molecule has 0 saturated carbocycles. The molecule has 0 unspecified atom stereocenters. The van der Waals surface area contributed by atoms with Gasteiger partial charge in [0, 0.05) is 26.2 Å². The van der Waals surface area contributed by atoms with E-state index in [2.05, 4.69) is 0 Å². The molecule has 7 heteroatoms. The van der Waals surface area contributed by atoms with Crippen molar-refractivity contribution in [1.82, 2.24) is 9.21 Å². The summed E-state index contributed by atoms with van der Waals surface area (Å²) >= 11 is 0. The molecule has 14 heavy (non-hydrogen) atoms. The minimum atomic E-state index is -3.16. The van der Waals surface area contributed by atoms with E-state index in [0.29, 0.717) is 0 Å². The minimum Gasteiger partial charge on any atom is -0.465 e. The van der Waals surface area contributed by atoms with Gasteiger partial charge in [0.2, 0.25) is 10.0 Å². The van der Waals surface area contributed by atoms with Gasteiger partial charge < -0.3 is 10.0 Å². The normalized spacial score (nSPS) is 19.6. The smallest absolute Gasteiger partial charge is 0.407 e. The van der Waals surface area contributed by atoms with Crippen LogP contribution in [0.4, 0.5) is 4.79 Å². The van der Waals surface area contributed by atoms with Gasteiger partial charge in [-0.25, -0.2) is 13.2 Å². The largest absolute Gasteiger partial charge is 0.465 e. The summed E-state index contributed by atoms with van der Waals surface area (Å²) in [7, 11) is -3.16.